The number of ether oxygens (including phenoxy) is 2. The summed E-state index contributed by atoms with van der Waals surface area (Å²) in [6, 6.07) is 12.6. The summed E-state index contributed by atoms with van der Waals surface area (Å²) in [6.07, 6.45) is 0. The third-order valence-electron chi connectivity index (χ3n) is 3.35. The van der Waals surface area contributed by atoms with Crippen LogP contribution in [-0.2, 0) is 0 Å². The molecule has 0 radical (unpaired) electrons. The number of halogens is 1. The van der Waals surface area contributed by atoms with Crippen LogP contribution in [0.15, 0.2) is 51.4 Å². The minimum atomic E-state index is -0.318. The van der Waals surface area contributed by atoms with Gasteiger partial charge in [-0.25, -0.2) is 0 Å². The van der Waals surface area contributed by atoms with E-state index in [1.807, 2.05) is 18.2 Å². The van der Waals surface area contributed by atoms with Gasteiger partial charge in [-0.1, -0.05) is 12.1 Å². The molecule has 0 aliphatic carbocycles. The van der Waals surface area contributed by atoms with Gasteiger partial charge in [-0.2, -0.15) is 0 Å². The quantitative estimate of drug-likeness (QED) is 0.745. The average Bonchev–Trinajstić information content (AvgIpc) is 3.13. The van der Waals surface area contributed by atoms with E-state index in [1.165, 1.54) is 0 Å². The fraction of sp³-hybridized carbons (Fsp3) is 0.0625. The summed E-state index contributed by atoms with van der Waals surface area (Å²) in [7, 11) is 0. The minimum absolute atomic E-state index is 0.199. The van der Waals surface area contributed by atoms with Gasteiger partial charge in [0.15, 0.2) is 17.3 Å². The number of amides is 1. The zero-order valence-corrected chi connectivity index (χ0v) is 12.8. The Morgan fingerprint density at radius 3 is 2.82 bits per heavy atom. The number of fused-ring (bicyclic) bond motifs is 2. The molecule has 1 amide bonds. The van der Waals surface area contributed by atoms with E-state index in [2.05, 4.69) is 21.2 Å². The molecule has 2 aromatic carbocycles. The second-order valence-corrected chi connectivity index (χ2v) is 5.65. The van der Waals surface area contributed by atoms with Gasteiger partial charge in [0.1, 0.15) is 5.58 Å². The lowest BCUT2D eigenvalue weighted by Gasteiger charge is -2.04. The lowest BCUT2D eigenvalue weighted by molar-refractivity contribution is 0.0998. The van der Waals surface area contributed by atoms with Crippen LogP contribution in [0.5, 0.6) is 11.5 Å². The molecule has 6 heteroatoms. The number of carbonyl (C=O) groups excluding carboxylic acids is 1. The molecule has 3 aromatic rings. The topological polar surface area (TPSA) is 60.7 Å². The standard InChI is InChI=1S/C16H10BrNO4/c17-11-3-1-2-9-6-14(22-15(9)11)16(19)18-10-4-5-12-13(7-10)21-8-20-12/h1-7H,8H2,(H,18,19). The van der Waals surface area contributed by atoms with Gasteiger partial charge in [-0.3, -0.25) is 4.79 Å². The van der Waals surface area contributed by atoms with E-state index in [4.69, 9.17) is 13.9 Å². The van der Waals surface area contributed by atoms with Crippen molar-refractivity contribution in [2.24, 2.45) is 0 Å². The highest BCUT2D eigenvalue weighted by molar-refractivity contribution is 9.10. The highest BCUT2D eigenvalue weighted by atomic mass is 79.9. The predicted molar refractivity (Wildman–Crippen MR) is 84.4 cm³/mol. The van der Waals surface area contributed by atoms with Crippen LogP contribution in [0.4, 0.5) is 5.69 Å². The van der Waals surface area contributed by atoms with Crippen LogP contribution in [0.3, 0.4) is 0 Å². The molecule has 0 saturated carbocycles. The fourth-order valence-corrected chi connectivity index (χ4v) is 2.77. The van der Waals surface area contributed by atoms with Crippen LogP contribution in [0.2, 0.25) is 0 Å². The van der Waals surface area contributed by atoms with Gasteiger partial charge in [0, 0.05) is 17.1 Å². The van der Waals surface area contributed by atoms with Gasteiger partial charge in [0.2, 0.25) is 6.79 Å². The Bertz CT molecular complexity index is 887. The number of nitrogens with one attached hydrogen (secondary N) is 1. The Morgan fingerprint density at radius 2 is 1.95 bits per heavy atom. The van der Waals surface area contributed by atoms with Gasteiger partial charge < -0.3 is 19.2 Å². The first-order valence-electron chi connectivity index (χ1n) is 6.60. The van der Waals surface area contributed by atoms with E-state index in [9.17, 15) is 4.79 Å². The molecule has 1 aliphatic heterocycles. The van der Waals surface area contributed by atoms with Crippen LogP contribution in [0, 0.1) is 0 Å². The molecular weight excluding hydrogens is 350 g/mol. The normalized spacial score (nSPS) is 12.6. The Kier molecular flexibility index (Phi) is 3.04. The Balaban J connectivity index is 1.62. The average molecular weight is 360 g/mol. The maximum absolute atomic E-state index is 12.3. The summed E-state index contributed by atoms with van der Waals surface area (Å²) < 4.78 is 16.9. The molecule has 0 atom stereocenters. The van der Waals surface area contributed by atoms with Crippen molar-refractivity contribution in [3.05, 3.63) is 52.7 Å². The second kappa shape index (κ2) is 5.06. The van der Waals surface area contributed by atoms with Gasteiger partial charge >= 0.3 is 0 Å². The summed E-state index contributed by atoms with van der Waals surface area (Å²) in [4.78, 5) is 12.3. The molecule has 1 N–H and O–H groups in total. The maximum atomic E-state index is 12.3. The zero-order valence-electron chi connectivity index (χ0n) is 11.3. The van der Waals surface area contributed by atoms with Crippen molar-refractivity contribution in [1.29, 1.82) is 0 Å². The highest BCUT2D eigenvalue weighted by Crippen LogP contribution is 2.34. The van der Waals surface area contributed by atoms with Crippen LogP contribution in [-0.4, -0.2) is 12.7 Å². The van der Waals surface area contributed by atoms with E-state index in [0.717, 1.165) is 9.86 Å². The summed E-state index contributed by atoms with van der Waals surface area (Å²) >= 11 is 3.40. The number of rotatable bonds is 2. The van der Waals surface area contributed by atoms with E-state index in [1.54, 1.807) is 24.3 Å². The SMILES string of the molecule is O=C(Nc1ccc2c(c1)OCO2)c1cc2cccc(Br)c2o1. The lowest BCUT2D eigenvalue weighted by atomic mass is 10.2. The smallest absolute Gasteiger partial charge is 0.291 e. The Labute approximate surface area is 133 Å². The number of anilines is 1. The minimum Gasteiger partial charge on any atom is -0.454 e. The van der Waals surface area contributed by atoms with E-state index >= 15 is 0 Å². The van der Waals surface area contributed by atoms with Gasteiger partial charge in [-0.05, 0) is 40.2 Å². The van der Waals surface area contributed by atoms with Crippen LogP contribution < -0.4 is 14.8 Å². The summed E-state index contributed by atoms with van der Waals surface area (Å²) in [5.74, 6) is 1.22. The van der Waals surface area contributed by atoms with Crippen molar-refractivity contribution in [3.8, 4) is 11.5 Å². The van der Waals surface area contributed by atoms with Crippen molar-refractivity contribution in [1.82, 2.24) is 0 Å². The van der Waals surface area contributed by atoms with Crippen molar-refractivity contribution >= 4 is 38.5 Å². The third kappa shape index (κ3) is 2.21. The fourth-order valence-electron chi connectivity index (χ4n) is 2.31. The van der Waals surface area contributed by atoms with Crippen LogP contribution in [0.1, 0.15) is 10.6 Å². The number of hydrogen-bond acceptors (Lipinski definition) is 4. The van der Waals surface area contributed by atoms with Crippen molar-refractivity contribution in [3.63, 3.8) is 0 Å². The predicted octanol–water partition coefficient (Wildman–Crippen LogP) is 4.18. The molecule has 22 heavy (non-hydrogen) atoms. The lowest BCUT2D eigenvalue weighted by Crippen LogP contribution is -2.10. The highest BCUT2D eigenvalue weighted by Gasteiger charge is 2.17. The molecule has 2 heterocycles. The first-order chi connectivity index (χ1) is 10.7. The number of hydrogen-bond donors (Lipinski definition) is 1. The number of para-hydroxylation sites is 1. The summed E-state index contributed by atoms with van der Waals surface area (Å²) in [5.41, 5.74) is 1.27. The monoisotopic (exact) mass is 359 g/mol. The van der Waals surface area contributed by atoms with E-state index < -0.39 is 0 Å². The zero-order chi connectivity index (χ0) is 15.1. The molecule has 0 spiro atoms. The number of furan rings is 1. The third-order valence-corrected chi connectivity index (χ3v) is 3.97. The Hall–Kier alpha value is -2.47. The largest absolute Gasteiger partial charge is 0.454 e. The van der Waals surface area contributed by atoms with Crippen molar-refractivity contribution in [2.45, 2.75) is 0 Å². The molecule has 110 valence electrons. The summed E-state index contributed by atoms with van der Waals surface area (Å²) in [5, 5.41) is 3.65. The molecule has 0 fully saturated rings. The Morgan fingerprint density at radius 1 is 1.09 bits per heavy atom. The van der Waals surface area contributed by atoms with Gasteiger partial charge in [0.05, 0.1) is 4.47 Å². The molecule has 1 aliphatic rings. The number of benzene rings is 2. The first kappa shape index (κ1) is 13.2. The van der Waals surface area contributed by atoms with Crippen molar-refractivity contribution < 1.29 is 18.7 Å². The molecule has 5 nitrogen and oxygen atoms in total. The molecule has 0 saturated heterocycles. The summed E-state index contributed by atoms with van der Waals surface area (Å²) in [6.45, 7) is 0.199. The van der Waals surface area contributed by atoms with Gasteiger partial charge in [-0.15, -0.1) is 0 Å². The molecular formula is C16H10BrNO4. The van der Waals surface area contributed by atoms with Crippen LogP contribution in [0.25, 0.3) is 11.0 Å². The van der Waals surface area contributed by atoms with E-state index in [-0.39, 0.29) is 18.5 Å². The molecule has 0 bridgehead atoms. The van der Waals surface area contributed by atoms with E-state index in [0.29, 0.717) is 22.8 Å². The van der Waals surface area contributed by atoms with Crippen molar-refractivity contribution in [2.75, 3.05) is 12.1 Å². The molecule has 4 rings (SSSR count). The molecule has 1 aromatic heterocycles. The second-order valence-electron chi connectivity index (χ2n) is 4.79. The van der Waals surface area contributed by atoms with Crippen LogP contribution >= 0.6 is 15.9 Å². The first-order valence-corrected chi connectivity index (χ1v) is 7.39. The number of carbonyl (C=O) groups is 1. The van der Waals surface area contributed by atoms with Gasteiger partial charge in [0.25, 0.3) is 5.91 Å². The maximum Gasteiger partial charge on any atom is 0.291 e. The molecule has 0 unspecified atom stereocenters.